The number of aryl methyl sites for hydroxylation is 1. The Hall–Kier alpha value is -1.36. The quantitative estimate of drug-likeness (QED) is 0.429. The van der Waals surface area contributed by atoms with Crippen molar-refractivity contribution in [3.8, 4) is 0 Å². The van der Waals surface area contributed by atoms with E-state index >= 15 is 0 Å². The van der Waals surface area contributed by atoms with Crippen molar-refractivity contribution in [2.45, 2.75) is 19.9 Å². The minimum Gasteiger partial charge on any atom is -0.466 e. The largest absolute Gasteiger partial charge is 0.466 e. The number of esters is 1. The van der Waals surface area contributed by atoms with Crippen LogP contribution in [0.2, 0.25) is 0 Å². The lowest BCUT2D eigenvalue weighted by molar-refractivity contribution is -0.143. The molecule has 0 saturated heterocycles. The van der Waals surface area contributed by atoms with E-state index < -0.39 is 0 Å². The summed E-state index contributed by atoms with van der Waals surface area (Å²) in [6.45, 7) is 2.52. The molecule has 0 unspecified atom stereocenters. The van der Waals surface area contributed by atoms with Crippen LogP contribution in [0.4, 0.5) is 0 Å². The number of ether oxygens (including phenoxy) is 1. The molecule has 1 rings (SSSR count). The molecule has 0 saturated carbocycles. The number of ketones is 1. The van der Waals surface area contributed by atoms with Crippen LogP contribution in [-0.2, 0) is 16.1 Å². The molecule has 0 radical (unpaired) electrons. The Morgan fingerprint density at radius 2 is 2.31 bits per heavy atom. The average Bonchev–Trinajstić information content (AvgIpc) is 2.74. The third-order valence-corrected chi connectivity index (χ3v) is 2.17. The molecule has 88 valence electrons. The van der Waals surface area contributed by atoms with Gasteiger partial charge in [-0.2, -0.15) is 5.10 Å². The van der Waals surface area contributed by atoms with Crippen LogP contribution >= 0.6 is 11.6 Å². The van der Waals surface area contributed by atoms with Gasteiger partial charge in [-0.3, -0.25) is 14.3 Å². The first kappa shape index (κ1) is 12.7. The van der Waals surface area contributed by atoms with Gasteiger partial charge in [0.2, 0.25) is 0 Å². The zero-order valence-corrected chi connectivity index (χ0v) is 9.74. The summed E-state index contributed by atoms with van der Waals surface area (Å²) in [5.74, 6) is -0.518. The number of hydrogen-bond acceptors (Lipinski definition) is 4. The molecule has 0 aliphatic heterocycles. The molecule has 0 aromatic carbocycles. The van der Waals surface area contributed by atoms with Crippen LogP contribution in [0.3, 0.4) is 0 Å². The van der Waals surface area contributed by atoms with Crippen LogP contribution in [0.1, 0.15) is 23.7 Å². The van der Waals surface area contributed by atoms with Gasteiger partial charge in [0, 0.05) is 6.20 Å². The molecule has 1 aromatic heterocycles. The number of halogens is 1. The molecule has 5 nitrogen and oxygen atoms in total. The number of aromatic nitrogens is 2. The Labute approximate surface area is 98.3 Å². The highest BCUT2D eigenvalue weighted by Crippen LogP contribution is 2.02. The van der Waals surface area contributed by atoms with Crippen LogP contribution in [0, 0.1) is 0 Å². The van der Waals surface area contributed by atoms with Crippen molar-refractivity contribution >= 4 is 23.4 Å². The fourth-order valence-corrected chi connectivity index (χ4v) is 1.30. The smallest absolute Gasteiger partial charge is 0.307 e. The number of hydrogen-bond donors (Lipinski definition) is 0. The van der Waals surface area contributed by atoms with Crippen molar-refractivity contribution in [3.63, 3.8) is 0 Å². The van der Waals surface area contributed by atoms with Gasteiger partial charge < -0.3 is 4.74 Å². The number of alkyl halides is 1. The summed E-state index contributed by atoms with van der Waals surface area (Å²) in [6.07, 6.45) is 3.25. The highest BCUT2D eigenvalue weighted by Gasteiger charge is 2.08. The monoisotopic (exact) mass is 244 g/mol. The van der Waals surface area contributed by atoms with Crippen molar-refractivity contribution in [1.29, 1.82) is 0 Å². The molecule has 0 bridgehead atoms. The molecule has 0 N–H and O–H groups in total. The molecule has 0 atom stereocenters. The molecule has 6 heteroatoms. The second-order valence-corrected chi connectivity index (χ2v) is 3.37. The normalized spacial score (nSPS) is 10.1. The van der Waals surface area contributed by atoms with E-state index in [1.54, 1.807) is 13.1 Å². The van der Waals surface area contributed by atoms with Crippen molar-refractivity contribution in [3.05, 3.63) is 18.0 Å². The number of Topliss-reactive ketones (excluding diaryl/α,β-unsaturated/α-hetero) is 1. The predicted octanol–water partition coefficient (Wildman–Crippen LogP) is 1.26. The summed E-state index contributed by atoms with van der Waals surface area (Å²) in [6, 6.07) is 0. The predicted molar refractivity (Wildman–Crippen MR) is 58.5 cm³/mol. The number of rotatable bonds is 6. The average molecular weight is 245 g/mol. The third kappa shape index (κ3) is 3.66. The first-order valence-electron chi connectivity index (χ1n) is 4.94. The minimum absolute atomic E-state index is 0.0659. The van der Waals surface area contributed by atoms with Gasteiger partial charge >= 0.3 is 5.97 Å². The summed E-state index contributed by atoms with van der Waals surface area (Å²) in [7, 11) is 0. The molecule has 1 heterocycles. The van der Waals surface area contributed by atoms with E-state index in [2.05, 4.69) is 5.10 Å². The fraction of sp³-hybridized carbons (Fsp3) is 0.500. The lowest BCUT2D eigenvalue weighted by Crippen LogP contribution is -2.09. The van der Waals surface area contributed by atoms with Crippen molar-refractivity contribution in [2.75, 3.05) is 12.5 Å². The summed E-state index contributed by atoms with van der Waals surface area (Å²) < 4.78 is 6.30. The maximum absolute atomic E-state index is 11.2. The molecule has 0 spiro atoms. The summed E-state index contributed by atoms with van der Waals surface area (Å²) in [5.41, 5.74) is 0.457. The standard InChI is InChI=1S/C10H13ClN2O3/c1-2-16-10(15)3-4-13-7-8(6-12-13)9(14)5-11/h6-7H,2-5H2,1H3. The van der Waals surface area contributed by atoms with Gasteiger partial charge in [-0.1, -0.05) is 0 Å². The maximum Gasteiger partial charge on any atom is 0.307 e. The van der Waals surface area contributed by atoms with E-state index in [1.165, 1.54) is 10.9 Å². The van der Waals surface area contributed by atoms with Gasteiger partial charge in [0.05, 0.1) is 37.2 Å². The zero-order valence-electron chi connectivity index (χ0n) is 8.98. The Bertz CT molecular complexity index is 376. The van der Waals surface area contributed by atoms with E-state index in [1.807, 2.05) is 0 Å². The van der Waals surface area contributed by atoms with Gasteiger partial charge in [-0.15, -0.1) is 11.6 Å². The molecule has 0 fully saturated rings. The summed E-state index contributed by atoms with van der Waals surface area (Å²) >= 11 is 5.40. The van der Waals surface area contributed by atoms with Gasteiger partial charge in [-0.05, 0) is 6.92 Å². The number of nitrogens with zero attached hydrogens (tertiary/aromatic N) is 2. The van der Waals surface area contributed by atoms with Crippen LogP contribution < -0.4 is 0 Å². The highest BCUT2D eigenvalue weighted by atomic mass is 35.5. The van der Waals surface area contributed by atoms with E-state index in [9.17, 15) is 9.59 Å². The van der Waals surface area contributed by atoms with Crippen molar-refractivity contribution in [2.24, 2.45) is 0 Å². The van der Waals surface area contributed by atoms with Crippen molar-refractivity contribution < 1.29 is 14.3 Å². The topological polar surface area (TPSA) is 61.2 Å². The number of carbonyl (C=O) groups is 2. The third-order valence-electron chi connectivity index (χ3n) is 1.93. The van der Waals surface area contributed by atoms with E-state index in [0.29, 0.717) is 18.7 Å². The van der Waals surface area contributed by atoms with Gasteiger partial charge in [0.15, 0.2) is 5.78 Å². The minimum atomic E-state index is -0.275. The molecular weight excluding hydrogens is 232 g/mol. The maximum atomic E-state index is 11.2. The highest BCUT2D eigenvalue weighted by molar-refractivity contribution is 6.30. The van der Waals surface area contributed by atoms with Crippen LogP contribution in [0.5, 0.6) is 0 Å². The Morgan fingerprint density at radius 3 is 2.94 bits per heavy atom. The molecular formula is C10H13ClN2O3. The number of carbonyl (C=O) groups excluding carboxylic acids is 2. The fourth-order valence-electron chi connectivity index (χ4n) is 1.15. The Balaban J connectivity index is 2.46. The SMILES string of the molecule is CCOC(=O)CCn1cc(C(=O)CCl)cn1. The molecule has 0 aliphatic rings. The summed E-state index contributed by atoms with van der Waals surface area (Å²) in [4.78, 5) is 22.3. The van der Waals surface area contributed by atoms with Crippen LogP contribution in [0.25, 0.3) is 0 Å². The Kier molecular flexibility index (Phi) is 4.98. The Morgan fingerprint density at radius 1 is 1.56 bits per heavy atom. The molecule has 16 heavy (non-hydrogen) atoms. The summed E-state index contributed by atoms with van der Waals surface area (Å²) in [5, 5.41) is 3.95. The van der Waals surface area contributed by atoms with E-state index in [-0.39, 0.29) is 24.1 Å². The molecule has 0 aliphatic carbocycles. The van der Waals surface area contributed by atoms with Gasteiger partial charge in [0.25, 0.3) is 0 Å². The first-order chi connectivity index (χ1) is 7.67. The molecule has 1 aromatic rings. The van der Waals surface area contributed by atoms with Crippen LogP contribution in [-0.4, -0.2) is 34.0 Å². The second kappa shape index (κ2) is 6.27. The first-order valence-corrected chi connectivity index (χ1v) is 5.48. The van der Waals surface area contributed by atoms with E-state index in [0.717, 1.165) is 0 Å². The van der Waals surface area contributed by atoms with Gasteiger partial charge in [0.1, 0.15) is 0 Å². The van der Waals surface area contributed by atoms with Gasteiger partial charge in [-0.25, -0.2) is 0 Å². The lowest BCUT2D eigenvalue weighted by atomic mass is 10.3. The second-order valence-electron chi connectivity index (χ2n) is 3.10. The molecule has 0 amide bonds. The lowest BCUT2D eigenvalue weighted by Gasteiger charge is -2.01. The van der Waals surface area contributed by atoms with Crippen LogP contribution in [0.15, 0.2) is 12.4 Å². The zero-order chi connectivity index (χ0) is 12.0. The van der Waals surface area contributed by atoms with Crippen molar-refractivity contribution in [1.82, 2.24) is 9.78 Å². The van der Waals surface area contributed by atoms with E-state index in [4.69, 9.17) is 16.3 Å².